The molecular formula is C33H38ClF5N4O4. The molecule has 2 amide bonds. The van der Waals surface area contributed by atoms with Crippen LogP contribution in [0.2, 0.25) is 5.02 Å². The predicted octanol–water partition coefficient (Wildman–Crippen LogP) is 8.12. The van der Waals surface area contributed by atoms with Crippen molar-refractivity contribution in [3.8, 4) is 17.0 Å². The van der Waals surface area contributed by atoms with Crippen molar-refractivity contribution in [3.63, 3.8) is 0 Å². The van der Waals surface area contributed by atoms with Gasteiger partial charge < -0.3 is 19.7 Å². The van der Waals surface area contributed by atoms with E-state index in [9.17, 15) is 31.5 Å². The number of halogens is 6. The van der Waals surface area contributed by atoms with E-state index in [1.54, 1.807) is 11.8 Å². The Balaban J connectivity index is 1.54. The molecule has 1 saturated heterocycles. The highest BCUT2D eigenvalue weighted by atomic mass is 35.5. The molecule has 1 aliphatic heterocycles. The Bertz CT molecular complexity index is 1550. The van der Waals surface area contributed by atoms with Crippen molar-refractivity contribution in [2.24, 2.45) is 11.3 Å². The zero-order valence-electron chi connectivity index (χ0n) is 26.5. The summed E-state index contributed by atoms with van der Waals surface area (Å²) < 4.78 is 79.1. The van der Waals surface area contributed by atoms with E-state index in [0.29, 0.717) is 13.0 Å². The second kappa shape index (κ2) is 14.9. The van der Waals surface area contributed by atoms with E-state index in [4.69, 9.17) is 21.1 Å². The average molecular weight is 685 g/mol. The number of hydrogen-bond acceptors (Lipinski definition) is 5. The van der Waals surface area contributed by atoms with Crippen LogP contribution in [0.5, 0.6) is 5.75 Å². The monoisotopic (exact) mass is 684 g/mol. The first-order valence-electron chi connectivity index (χ1n) is 15.3. The van der Waals surface area contributed by atoms with E-state index in [2.05, 4.69) is 10.4 Å². The van der Waals surface area contributed by atoms with Crippen molar-refractivity contribution < 1.29 is 41.0 Å². The molecule has 0 radical (unpaired) electrons. The highest BCUT2D eigenvalue weighted by Crippen LogP contribution is 2.43. The number of amides is 2. The lowest BCUT2D eigenvalue weighted by atomic mass is 9.84. The topological polar surface area (TPSA) is 85.7 Å². The van der Waals surface area contributed by atoms with Crippen molar-refractivity contribution in [1.29, 1.82) is 0 Å². The summed E-state index contributed by atoms with van der Waals surface area (Å²) in [6.45, 7) is 3.31. The zero-order chi connectivity index (χ0) is 34.5. The Morgan fingerprint density at radius 3 is 2.43 bits per heavy atom. The van der Waals surface area contributed by atoms with Crippen LogP contribution in [0.1, 0.15) is 62.2 Å². The fourth-order valence-corrected chi connectivity index (χ4v) is 5.81. The van der Waals surface area contributed by atoms with Gasteiger partial charge in [-0.2, -0.15) is 27.1 Å². The molecule has 2 aromatic carbocycles. The molecule has 47 heavy (non-hydrogen) atoms. The number of hydrogen-bond donors (Lipinski definition) is 1. The van der Waals surface area contributed by atoms with Gasteiger partial charge in [0.05, 0.1) is 22.2 Å². The van der Waals surface area contributed by atoms with Gasteiger partial charge in [-0.1, -0.05) is 68.8 Å². The van der Waals surface area contributed by atoms with Crippen LogP contribution in [0.25, 0.3) is 11.3 Å². The number of nitrogens with one attached hydrogen (secondary N) is 1. The first-order chi connectivity index (χ1) is 22.1. The molecule has 2 atom stereocenters. The number of carbonyl (C=O) groups excluding carboxylic acids is 2. The lowest BCUT2D eigenvalue weighted by Crippen LogP contribution is -2.51. The van der Waals surface area contributed by atoms with E-state index < -0.39 is 42.4 Å². The van der Waals surface area contributed by atoms with Gasteiger partial charge in [-0.15, -0.1) is 0 Å². The van der Waals surface area contributed by atoms with Gasteiger partial charge in [-0.05, 0) is 55.4 Å². The Morgan fingerprint density at radius 1 is 1.09 bits per heavy atom. The number of piperidine rings is 1. The van der Waals surface area contributed by atoms with Gasteiger partial charge in [0.1, 0.15) is 12.4 Å². The van der Waals surface area contributed by atoms with Gasteiger partial charge in [-0.3, -0.25) is 9.48 Å². The van der Waals surface area contributed by atoms with Gasteiger partial charge in [0.25, 0.3) is 5.91 Å². The molecular weight excluding hydrogens is 647 g/mol. The number of nitrogens with zero attached hydrogens (tertiary/aromatic N) is 3. The quantitative estimate of drug-likeness (QED) is 0.206. The fourth-order valence-electron chi connectivity index (χ4n) is 5.49. The van der Waals surface area contributed by atoms with E-state index in [1.807, 2.05) is 37.3 Å². The molecule has 1 aromatic heterocycles. The Labute approximate surface area is 275 Å². The van der Waals surface area contributed by atoms with Gasteiger partial charge in [0, 0.05) is 25.2 Å². The summed E-state index contributed by atoms with van der Waals surface area (Å²) in [6, 6.07) is 12.7. The standard InChI is InChI=1S/C33H38ClF5N4O4/c1-5-43-28(24-14-12-22(15-25(24)47-30(35)36)16-32(3,4)33(37,38)39)26(34)27(41-43)29(44)40-17-23-13-11-20(2)18-42(23)31(45)46-19-21-9-7-6-8-10-21/h6-10,12,14-15,20,23,30H,5,11,13,16-19H2,1-4H3,(H,40,44)/t20-,23-/m1/s1. The van der Waals surface area contributed by atoms with Crippen LogP contribution in [0.4, 0.5) is 26.7 Å². The summed E-state index contributed by atoms with van der Waals surface area (Å²) >= 11 is 6.65. The van der Waals surface area contributed by atoms with Crippen molar-refractivity contribution >= 4 is 23.6 Å². The second-order valence-electron chi connectivity index (χ2n) is 12.3. The minimum Gasteiger partial charge on any atom is -0.445 e. The molecule has 4 rings (SSSR count). The van der Waals surface area contributed by atoms with E-state index in [0.717, 1.165) is 31.9 Å². The maximum Gasteiger partial charge on any atom is 0.410 e. The lowest BCUT2D eigenvalue weighted by Gasteiger charge is -2.37. The van der Waals surface area contributed by atoms with Crippen LogP contribution in [-0.4, -0.2) is 58.6 Å². The lowest BCUT2D eigenvalue weighted by molar-refractivity contribution is -0.211. The van der Waals surface area contributed by atoms with Gasteiger partial charge in [-0.25, -0.2) is 4.79 Å². The molecule has 0 bridgehead atoms. The highest BCUT2D eigenvalue weighted by molar-refractivity contribution is 6.36. The third-order valence-corrected chi connectivity index (χ3v) is 8.58. The normalized spacial score (nSPS) is 17.1. The second-order valence-corrected chi connectivity index (χ2v) is 12.7. The molecule has 8 nitrogen and oxygen atoms in total. The molecule has 1 aliphatic rings. The van der Waals surface area contributed by atoms with Crippen LogP contribution in [0.15, 0.2) is 48.5 Å². The van der Waals surface area contributed by atoms with Gasteiger partial charge in [0.15, 0.2) is 5.69 Å². The number of rotatable bonds is 11. The first-order valence-corrected chi connectivity index (χ1v) is 15.7. The summed E-state index contributed by atoms with van der Waals surface area (Å²) in [4.78, 5) is 28.0. The fraction of sp³-hybridized carbons (Fsp3) is 0.485. The van der Waals surface area contributed by atoms with Crippen molar-refractivity contribution in [3.05, 3.63) is 70.4 Å². The Morgan fingerprint density at radius 2 is 1.79 bits per heavy atom. The number of carbonyl (C=O) groups is 2. The number of aryl methyl sites for hydroxylation is 1. The molecule has 256 valence electrons. The third-order valence-electron chi connectivity index (χ3n) is 8.22. The molecule has 0 spiro atoms. The van der Waals surface area contributed by atoms with Crippen molar-refractivity contribution in [2.45, 2.75) is 78.9 Å². The predicted molar refractivity (Wildman–Crippen MR) is 166 cm³/mol. The van der Waals surface area contributed by atoms with Gasteiger partial charge >= 0.3 is 18.9 Å². The number of likely N-dealkylation sites (tertiary alicyclic amines) is 1. The van der Waals surface area contributed by atoms with E-state index in [1.165, 1.54) is 16.8 Å². The van der Waals surface area contributed by atoms with Crippen LogP contribution >= 0.6 is 11.6 Å². The van der Waals surface area contributed by atoms with Crippen molar-refractivity contribution in [1.82, 2.24) is 20.0 Å². The number of ether oxygens (including phenoxy) is 2. The van der Waals surface area contributed by atoms with E-state index in [-0.39, 0.29) is 59.2 Å². The van der Waals surface area contributed by atoms with Crippen molar-refractivity contribution in [2.75, 3.05) is 13.1 Å². The highest BCUT2D eigenvalue weighted by Gasteiger charge is 2.47. The summed E-state index contributed by atoms with van der Waals surface area (Å²) in [5.74, 6) is -0.821. The molecule has 0 unspecified atom stereocenters. The summed E-state index contributed by atoms with van der Waals surface area (Å²) in [7, 11) is 0. The summed E-state index contributed by atoms with van der Waals surface area (Å²) in [6.07, 6.45) is -4.06. The zero-order valence-corrected chi connectivity index (χ0v) is 27.3. The smallest absolute Gasteiger partial charge is 0.410 e. The maximum absolute atomic E-state index is 13.5. The molecule has 2 heterocycles. The summed E-state index contributed by atoms with van der Waals surface area (Å²) in [5.41, 5.74) is -1.22. The van der Waals surface area contributed by atoms with Crippen LogP contribution in [-0.2, 0) is 24.3 Å². The molecule has 0 aliphatic carbocycles. The Kier molecular flexibility index (Phi) is 11.4. The largest absolute Gasteiger partial charge is 0.445 e. The number of benzene rings is 2. The summed E-state index contributed by atoms with van der Waals surface area (Å²) in [5, 5.41) is 6.95. The minimum absolute atomic E-state index is 0.0332. The molecule has 3 aromatic rings. The maximum atomic E-state index is 13.5. The average Bonchev–Trinajstić information content (AvgIpc) is 3.34. The van der Waals surface area contributed by atoms with Crippen LogP contribution in [0.3, 0.4) is 0 Å². The number of aromatic nitrogens is 2. The Hall–Kier alpha value is -3.87. The van der Waals surface area contributed by atoms with E-state index >= 15 is 0 Å². The third kappa shape index (κ3) is 8.74. The minimum atomic E-state index is -4.53. The molecule has 1 fully saturated rings. The van der Waals surface area contributed by atoms with Gasteiger partial charge in [0.2, 0.25) is 0 Å². The first kappa shape index (κ1) is 36.0. The molecule has 14 heteroatoms. The van der Waals surface area contributed by atoms with Crippen LogP contribution < -0.4 is 10.1 Å². The van der Waals surface area contributed by atoms with Crippen LogP contribution in [0, 0.1) is 11.3 Å². The SMILES string of the molecule is CCn1nc(C(=O)NC[C@H]2CC[C@@H](C)CN2C(=O)OCc2ccccc2)c(Cl)c1-c1ccc(CC(C)(C)C(F)(F)F)cc1OC(F)F. The number of alkyl halides is 5. The molecule has 0 saturated carbocycles. The molecule has 1 N–H and O–H groups in total.